The van der Waals surface area contributed by atoms with Gasteiger partial charge in [-0.3, -0.25) is 0 Å². The summed E-state index contributed by atoms with van der Waals surface area (Å²) in [6.45, 7) is 7.97. The maximum absolute atomic E-state index is 8.81. The smallest absolute Gasteiger partial charge is 0.101 e. The average Bonchev–Trinajstić information content (AvgIpc) is 2.65. The van der Waals surface area contributed by atoms with Crippen LogP contribution in [0.4, 0.5) is 0 Å². The van der Waals surface area contributed by atoms with E-state index in [1.165, 1.54) is 0 Å². The van der Waals surface area contributed by atoms with Crippen molar-refractivity contribution in [1.29, 1.82) is 5.26 Å². The van der Waals surface area contributed by atoms with Gasteiger partial charge in [-0.1, -0.05) is 13.8 Å². The predicted molar refractivity (Wildman–Crippen MR) is 60.7 cm³/mol. The van der Waals surface area contributed by atoms with Crippen molar-refractivity contribution >= 4 is 5.52 Å². The van der Waals surface area contributed by atoms with Gasteiger partial charge in [-0.15, -0.1) is 0 Å². The first-order valence-electron chi connectivity index (χ1n) is 5.07. The topological polar surface area (TPSA) is 41.1 Å². The molecule has 0 saturated carbocycles. The molecule has 0 unspecified atom stereocenters. The lowest BCUT2D eigenvalue weighted by Crippen LogP contribution is -1.95. The molecular formula is C12H15N3. The molecule has 0 fully saturated rings. The third-order valence-corrected chi connectivity index (χ3v) is 2.26. The number of aryl methyl sites for hydroxylation is 2. The van der Waals surface area contributed by atoms with Crippen molar-refractivity contribution in [2.75, 3.05) is 0 Å². The summed E-state index contributed by atoms with van der Waals surface area (Å²) in [4.78, 5) is 0. The number of nitrogens with zero attached hydrogens (tertiary/aromatic N) is 3. The van der Waals surface area contributed by atoms with E-state index in [1.807, 2.05) is 40.0 Å². The minimum Gasteiger partial charge on any atom is -0.240 e. The Hall–Kier alpha value is -1.82. The molecule has 3 heteroatoms. The summed E-state index contributed by atoms with van der Waals surface area (Å²) in [5, 5.41) is 12.9. The van der Waals surface area contributed by atoms with Crippen LogP contribution in [0.15, 0.2) is 18.5 Å². The van der Waals surface area contributed by atoms with Gasteiger partial charge in [-0.05, 0) is 31.0 Å². The minimum absolute atomic E-state index is 0.648. The second-order valence-corrected chi connectivity index (χ2v) is 3.09. The summed E-state index contributed by atoms with van der Waals surface area (Å²) >= 11 is 0. The third kappa shape index (κ3) is 1.84. The molecule has 2 aromatic rings. The molecule has 0 aliphatic carbocycles. The van der Waals surface area contributed by atoms with E-state index in [0.717, 1.165) is 16.6 Å². The van der Waals surface area contributed by atoms with Crippen LogP contribution in [-0.4, -0.2) is 9.61 Å². The number of aromatic nitrogens is 2. The Morgan fingerprint density at radius 3 is 2.60 bits per heavy atom. The maximum atomic E-state index is 8.81. The van der Waals surface area contributed by atoms with E-state index in [9.17, 15) is 0 Å². The predicted octanol–water partition coefficient (Wildman–Crippen LogP) is 2.85. The second-order valence-electron chi connectivity index (χ2n) is 3.09. The van der Waals surface area contributed by atoms with Crippen molar-refractivity contribution in [2.45, 2.75) is 27.7 Å². The molecule has 15 heavy (non-hydrogen) atoms. The van der Waals surface area contributed by atoms with E-state index >= 15 is 0 Å². The van der Waals surface area contributed by atoms with Crippen LogP contribution in [0.2, 0.25) is 0 Å². The van der Waals surface area contributed by atoms with Crippen LogP contribution in [0.1, 0.15) is 30.5 Å². The van der Waals surface area contributed by atoms with Gasteiger partial charge in [0.15, 0.2) is 0 Å². The van der Waals surface area contributed by atoms with Crippen molar-refractivity contribution in [3.05, 3.63) is 35.2 Å². The quantitative estimate of drug-likeness (QED) is 0.657. The largest absolute Gasteiger partial charge is 0.240 e. The van der Waals surface area contributed by atoms with Crippen molar-refractivity contribution < 1.29 is 0 Å². The highest BCUT2D eigenvalue weighted by atomic mass is 15.2. The summed E-state index contributed by atoms with van der Waals surface area (Å²) in [6, 6.07) is 4.13. The average molecular weight is 201 g/mol. The lowest BCUT2D eigenvalue weighted by Gasteiger charge is -2.01. The molecule has 0 N–H and O–H groups in total. The van der Waals surface area contributed by atoms with Gasteiger partial charge in [0.25, 0.3) is 0 Å². The summed E-state index contributed by atoms with van der Waals surface area (Å²) in [5.74, 6) is 0. The lowest BCUT2D eigenvalue weighted by molar-refractivity contribution is 0.928. The van der Waals surface area contributed by atoms with Crippen LogP contribution in [0.25, 0.3) is 5.52 Å². The van der Waals surface area contributed by atoms with Crippen LogP contribution >= 0.6 is 0 Å². The van der Waals surface area contributed by atoms with E-state index in [-0.39, 0.29) is 0 Å². The fraction of sp³-hybridized carbons (Fsp3) is 0.333. The van der Waals surface area contributed by atoms with Crippen molar-refractivity contribution in [2.24, 2.45) is 0 Å². The Morgan fingerprint density at radius 1 is 1.33 bits per heavy atom. The van der Waals surface area contributed by atoms with Gasteiger partial charge < -0.3 is 0 Å². The Bertz CT molecular complexity index is 503. The van der Waals surface area contributed by atoms with Crippen LogP contribution in [0, 0.1) is 25.2 Å². The fourth-order valence-electron chi connectivity index (χ4n) is 1.54. The van der Waals surface area contributed by atoms with Crippen LogP contribution < -0.4 is 0 Å². The van der Waals surface area contributed by atoms with E-state index in [1.54, 1.807) is 10.7 Å². The Balaban J connectivity index is 0.000000531. The van der Waals surface area contributed by atoms with Crippen molar-refractivity contribution in [3.8, 4) is 6.07 Å². The summed E-state index contributed by atoms with van der Waals surface area (Å²) in [6.07, 6.45) is 3.50. The van der Waals surface area contributed by atoms with E-state index in [4.69, 9.17) is 5.26 Å². The zero-order chi connectivity index (χ0) is 11.4. The number of hydrogen-bond acceptors (Lipinski definition) is 2. The third-order valence-electron chi connectivity index (χ3n) is 2.26. The molecular weight excluding hydrogens is 186 g/mol. The van der Waals surface area contributed by atoms with E-state index in [0.29, 0.717) is 5.56 Å². The Morgan fingerprint density at radius 2 is 2.00 bits per heavy atom. The van der Waals surface area contributed by atoms with Crippen LogP contribution in [-0.2, 0) is 0 Å². The van der Waals surface area contributed by atoms with E-state index in [2.05, 4.69) is 11.2 Å². The van der Waals surface area contributed by atoms with Crippen LogP contribution in [0.3, 0.4) is 0 Å². The maximum Gasteiger partial charge on any atom is 0.101 e. The molecule has 0 aromatic carbocycles. The zero-order valence-electron chi connectivity index (χ0n) is 9.57. The van der Waals surface area contributed by atoms with Gasteiger partial charge in [0.1, 0.15) is 6.07 Å². The first-order valence-corrected chi connectivity index (χ1v) is 5.07. The van der Waals surface area contributed by atoms with Gasteiger partial charge in [0, 0.05) is 6.20 Å². The molecule has 2 rings (SSSR count). The Labute approximate surface area is 90.0 Å². The number of hydrogen-bond donors (Lipinski definition) is 0. The molecule has 0 saturated heterocycles. The number of nitriles is 1. The molecule has 0 bridgehead atoms. The SMILES string of the molecule is CC.Cc1ccn2ncc(C#N)c(C)c12. The summed E-state index contributed by atoms with van der Waals surface area (Å²) < 4.78 is 1.80. The highest BCUT2D eigenvalue weighted by Crippen LogP contribution is 2.17. The molecule has 3 nitrogen and oxygen atoms in total. The van der Waals surface area contributed by atoms with E-state index < -0.39 is 0 Å². The molecule has 78 valence electrons. The molecule has 0 amide bonds. The monoisotopic (exact) mass is 201 g/mol. The molecule has 0 spiro atoms. The summed E-state index contributed by atoms with van der Waals surface area (Å²) in [5.41, 5.74) is 3.84. The highest BCUT2D eigenvalue weighted by Gasteiger charge is 2.06. The first-order chi connectivity index (χ1) is 7.24. The van der Waals surface area contributed by atoms with Gasteiger partial charge in [0.2, 0.25) is 0 Å². The second kappa shape index (κ2) is 4.61. The first kappa shape index (κ1) is 11.3. The van der Waals surface area contributed by atoms with Crippen molar-refractivity contribution in [1.82, 2.24) is 9.61 Å². The fourth-order valence-corrected chi connectivity index (χ4v) is 1.54. The van der Waals surface area contributed by atoms with Gasteiger partial charge >= 0.3 is 0 Å². The van der Waals surface area contributed by atoms with Gasteiger partial charge in [-0.2, -0.15) is 10.4 Å². The summed E-state index contributed by atoms with van der Waals surface area (Å²) in [7, 11) is 0. The normalized spacial score (nSPS) is 9.27. The molecule has 0 radical (unpaired) electrons. The number of rotatable bonds is 0. The minimum atomic E-state index is 0.648. The zero-order valence-corrected chi connectivity index (χ0v) is 9.57. The van der Waals surface area contributed by atoms with Crippen LogP contribution in [0.5, 0.6) is 0 Å². The molecule has 0 aliphatic heterocycles. The molecule has 2 heterocycles. The van der Waals surface area contributed by atoms with Gasteiger partial charge in [0.05, 0.1) is 17.3 Å². The highest BCUT2D eigenvalue weighted by molar-refractivity contribution is 5.63. The number of fused-ring (bicyclic) bond motifs is 1. The molecule has 2 aromatic heterocycles. The lowest BCUT2D eigenvalue weighted by atomic mass is 10.1. The molecule has 0 aliphatic rings. The van der Waals surface area contributed by atoms with Gasteiger partial charge in [-0.25, -0.2) is 4.52 Å². The Kier molecular flexibility index (Phi) is 3.46. The van der Waals surface area contributed by atoms with Crippen molar-refractivity contribution in [3.63, 3.8) is 0 Å². The standard InChI is InChI=1S/C10H9N3.C2H6/c1-7-3-4-13-10(7)8(2)9(5-11)6-12-13;1-2/h3-4,6H,1-2H3;1-2H3. The molecule has 0 atom stereocenters.